The number of hydrogen-bond donors (Lipinski definition) is 2. The first-order valence-corrected chi connectivity index (χ1v) is 8.09. The lowest BCUT2D eigenvalue weighted by Gasteiger charge is -2.10. The first-order chi connectivity index (χ1) is 12.0. The van der Waals surface area contributed by atoms with Crippen molar-refractivity contribution in [2.24, 2.45) is 0 Å². The van der Waals surface area contributed by atoms with Crippen LogP contribution in [0.3, 0.4) is 0 Å². The number of hydrogen-bond acceptors (Lipinski definition) is 7. The predicted molar refractivity (Wildman–Crippen MR) is 95.6 cm³/mol. The van der Waals surface area contributed by atoms with Crippen LogP contribution in [0.4, 0.5) is 11.5 Å². The van der Waals surface area contributed by atoms with Crippen LogP contribution in [0.1, 0.15) is 17.5 Å². The molecule has 0 fully saturated rings. The Balaban J connectivity index is 2.21. The van der Waals surface area contributed by atoms with E-state index < -0.39 is 0 Å². The highest BCUT2D eigenvalue weighted by atomic mass is 32.1. The van der Waals surface area contributed by atoms with Gasteiger partial charge in [-0.3, -0.25) is 4.79 Å². The van der Waals surface area contributed by atoms with Crippen molar-refractivity contribution in [2.75, 3.05) is 11.1 Å². The number of aromatic nitrogens is 2. The molecular formula is C17H12N6OS. The van der Waals surface area contributed by atoms with E-state index in [9.17, 15) is 10.1 Å². The van der Waals surface area contributed by atoms with Crippen molar-refractivity contribution >= 4 is 39.0 Å². The quantitative estimate of drug-likeness (QED) is 0.749. The Labute approximate surface area is 147 Å². The first-order valence-electron chi connectivity index (χ1n) is 7.27. The second kappa shape index (κ2) is 6.56. The lowest BCUT2D eigenvalue weighted by atomic mass is 10.0. The zero-order valence-corrected chi connectivity index (χ0v) is 14.0. The summed E-state index contributed by atoms with van der Waals surface area (Å²) < 4.78 is 0.901. The summed E-state index contributed by atoms with van der Waals surface area (Å²) in [5, 5.41) is 21.6. The molecule has 0 saturated carbocycles. The van der Waals surface area contributed by atoms with Gasteiger partial charge in [-0.1, -0.05) is 12.1 Å². The molecule has 3 N–H and O–H groups in total. The second-order valence-corrected chi connectivity index (χ2v) is 6.32. The highest BCUT2D eigenvalue weighted by Crippen LogP contribution is 2.34. The largest absolute Gasteiger partial charge is 0.382 e. The van der Waals surface area contributed by atoms with Gasteiger partial charge in [-0.2, -0.15) is 10.5 Å². The fourth-order valence-corrected chi connectivity index (χ4v) is 3.36. The molecule has 0 atom stereocenters. The van der Waals surface area contributed by atoms with E-state index in [0.717, 1.165) is 4.70 Å². The van der Waals surface area contributed by atoms with Crippen molar-refractivity contribution in [1.29, 1.82) is 10.5 Å². The lowest BCUT2D eigenvalue weighted by Crippen LogP contribution is -2.10. The SMILES string of the molecule is CC(=O)Nc1cc(C#N)c(-c2cccc3sc(CC#N)nc23)nc1N. The Morgan fingerprint density at radius 1 is 1.36 bits per heavy atom. The molecule has 122 valence electrons. The maximum atomic E-state index is 11.2. The van der Waals surface area contributed by atoms with Crippen molar-refractivity contribution < 1.29 is 4.79 Å². The molecule has 7 nitrogen and oxygen atoms in total. The summed E-state index contributed by atoms with van der Waals surface area (Å²) in [6.07, 6.45) is 0.223. The van der Waals surface area contributed by atoms with Crippen LogP contribution in [0.25, 0.3) is 21.5 Å². The minimum Gasteiger partial charge on any atom is -0.382 e. The number of nitrogen functional groups attached to an aromatic ring is 1. The lowest BCUT2D eigenvalue weighted by molar-refractivity contribution is -0.114. The van der Waals surface area contributed by atoms with E-state index in [0.29, 0.717) is 27.5 Å². The number of thiazole rings is 1. The van der Waals surface area contributed by atoms with Gasteiger partial charge in [0, 0.05) is 12.5 Å². The van der Waals surface area contributed by atoms with Gasteiger partial charge in [0.25, 0.3) is 0 Å². The molecule has 0 saturated heterocycles. The molecule has 2 heterocycles. The number of nitrogens with one attached hydrogen (secondary N) is 1. The van der Waals surface area contributed by atoms with Gasteiger partial charge in [-0.05, 0) is 12.1 Å². The number of benzene rings is 1. The zero-order chi connectivity index (χ0) is 18.0. The summed E-state index contributed by atoms with van der Waals surface area (Å²) in [5.74, 6) is -0.179. The Morgan fingerprint density at radius 3 is 2.84 bits per heavy atom. The number of nitrogens with two attached hydrogens (primary N) is 1. The summed E-state index contributed by atoms with van der Waals surface area (Å²) in [7, 11) is 0. The molecule has 0 aliphatic carbocycles. The molecule has 3 aromatic rings. The minimum absolute atomic E-state index is 0.119. The molecule has 8 heteroatoms. The second-order valence-electron chi connectivity index (χ2n) is 5.21. The van der Waals surface area contributed by atoms with Gasteiger partial charge < -0.3 is 11.1 Å². The van der Waals surface area contributed by atoms with Gasteiger partial charge in [0.1, 0.15) is 16.9 Å². The molecule has 0 spiro atoms. The number of para-hydroxylation sites is 1. The number of rotatable bonds is 3. The van der Waals surface area contributed by atoms with E-state index >= 15 is 0 Å². The Kier molecular flexibility index (Phi) is 4.29. The summed E-state index contributed by atoms with van der Waals surface area (Å²) in [4.78, 5) is 20.1. The van der Waals surface area contributed by atoms with E-state index in [1.807, 2.05) is 12.1 Å². The van der Waals surface area contributed by atoms with Crippen LogP contribution in [0.15, 0.2) is 24.3 Å². The van der Waals surface area contributed by atoms with Crippen molar-refractivity contribution in [3.63, 3.8) is 0 Å². The van der Waals surface area contributed by atoms with E-state index in [2.05, 4.69) is 27.4 Å². The number of amides is 1. The summed E-state index contributed by atoms with van der Waals surface area (Å²) >= 11 is 1.43. The molecule has 0 aliphatic heterocycles. The van der Waals surface area contributed by atoms with Crippen LogP contribution < -0.4 is 11.1 Å². The summed E-state index contributed by atoms with van der Waals surface area (Å²) in [6, 6.07) is 11.2. The first kappa shape index (κ1) is 16.4. The molecule has 2 aromatic heterocycles. The molecule has 0 bridgehead atoms. The zero-order valence-electron chi connectivity index (χ0n) is 13.2. The molecule has 25 heavy (non-hydrogen) atoms. The van der Waals surface area contributed by atoms with Crippen LogP contribution >= 0.6 is 11.3 Å². The predicted octanol–water partition coefficient (Wildman–Crippen LogP) is 2.84. The highest BCUT2D eigenvalue weighted by molar-refractivity contribution is 7.18. The van der Waals surface area contributed by atoms with E-state index in [1.54, 1.807) is 6.07 Å². The fraction of sp³-hybridized carbons (Fsp3) is 0.118. The van der Waals surface area contributed by atoms with Crippen molar-refractivity contribution in [1.82, 2.24) is 9.97 Å². The molecule has 0 aliphatic rings. The van der Waals surface area contributed by atoms with Gasteiger partial charge in [0.2, 0.25) is 5.91 Å². The van der Waals surface area contributed by atoms with Crippen molar-refractivity contribution in [2.45, 2.75) is 13.3 Å². The molecule has 1 aromatic carbocycles. The van der Waals surface area contributed by atoms with Crippen LogP contribution in [0.2, 0.25) is 0 Å². The molecule has 3 rings (SSSR count). The standard InChI is InChI=1S/C17H12N6OS/c1-9(24)21-12-7-10(8-19)15(23-17(12)20)11-3-2-4-13-16(11)22-14(25-13)5-6-18/h2-4,7H,5H2,1H3,(H2,20,23)(H,21,24). The molecule has 0 radical (unpaired) electrons. The van der Waals surface area contributed by atoms with Crippen LogP contribution in [-0.2, 0) is 11.2 Å². The van der Waals surface area contributed by atoms with Gasteiger partial charge in [0.05, 0.1) is 39.7 Å². The number of anilines is 2. The van der Waals surface area contributed by atoms with E-state index in [-0.39, 0.29) is 23.7 Å². The van der Waals surface area contributed by atoms with Crippen molar-refractivity contribution in [3.05, 3.63) is 34.8 Å². The normalized spacial score (nSPS) is 10.2. The number of carbonyl (C=O) groups is 1. The molecular weight excluding hydrogens is 336 g/mol. The maximum absolute atomic E-state index is 11.2. The topological polar surface area (TPSA) is 128 Å². The minimum atomic E-state index is -0.298. The van der Waals surface area contributed by atoms with Gasteiger partial charge in [-0.25, -0.2) is 9.97 Å². The number of carbonyl (C=O) groups excluding carboxylic acids is 1. The van der Waals surface area contributed by atoms with Gasteiger partial charge in [-0.15, -0.1) is 11.3 Å². The molecule has 1 amide bonds. The Morgan fingerprint density at radius 2 is 2.16 bits per heavy atom. The summed E-state index contributed by atoms with van der Waals surface area (Å²) in [6.45, 7) is 1.35. The highest BCUT2D eigenvalue weighted by Gasteiger charge is 2.17. The smallest absolute Gasteiger partial charge is 0.221 e. The van der Waals surface area contributed by atoms with E-state index in [1.165, 1.54) is 24.3 Å². The third-order valence-electron chi connectivity index (χ3n) is 3.43. The van der Waals surface area contributed by atoms with Crippen LogP contribution in [-0.4, -0.2) is 15.9 Å². The number of fused-ring (bicyclic) bond motifs is 1. The fourth-order valence-electron chi connectivity index (χ4n) is 2.44. The maximum Gasteiger partial charge on any atom is 0.221 e. The number of pyridine rings is 1. The third kappa shape index (κ3) is 3.11. The number of nitriles is 2. The van der Waals surface area contributed by atoms with Crippen molar-refractivity contribution in [3.8, 4) is 23.4 Å². The Bertz CT molecular complexity index is 1070. The molecule has 0 unspecified atom stereocenters. The average Bonchev–Trinajstić information content (AvgIpc) is 2.98. The van der Waals surface area contributed by atoms with E-state index in [4.69, 9.17) is 11.0 Å². The monoisotopic (exact) mass is 348 g/mol. The van der Waals surface area contributed by atoms with Crippen LogP contribution in [0.5, 0.6) is 0 Å². The third-order valence-corrected chi connectivity index (χ3v) is 4.45. The van der Waals surface area contributed by atoms with Gasteiger partial charge >= 0.3 is 0 Å². The summed E-state index contributed by atoms with van der Waals surface area (Å²) in [5.41, 5.74) is 8.24. The van der Waals surface area contributed by atoms with Crippen LogP contribution in [0, 0.1) is 22.7 Å². The average molecular weight is 348 g/mol. The van der Waals surface area contributed by atoms with Gasteiger partial charge in [0.15, 0.2) is 0 Å². The Hall–Kier alpha value is -3.49. The number of nitrogens with zero attached hydrogens (tertiary/aromatic N) is 4.